The Bertz CT molecular complexity index is 894. The summed E-state index contributed by atoms with van der Waals surface area (Å²) in [6, 6.07) is 4.03. The lowest BCUT2D eigenvalue weighted by Crippen LogP contribution is -2.89. The fourth-order valence-corrected chi connectivity index (χ4v) is 3.49. The van der Waals surface area contributed by atoms with Gasteiger partial charge in [0, 0.05) is 11.8 Å². The fourth-order valence-electron chi connectivity index (χ4n) is 2.82. The topological polar surface area (TPSA) is 95.9 Å². The molecule has 1 aliphatic rings. The lowest BCUT2D eigenvalue weighted by molar-refractivity contribution is -0.677. The third-order valence-electron chi connectivity index (χ3n) is 3.97. The van der Waals surface area contributed by atoms with Crippen LogP contribution < -0.4 is 5.32 Å². The molecule has 6 nitrogen and oxygen atoms in total. The average Bonchev–Trinajstić information content (AvgIpc) is 2.53. The smallest absolute Gasteiger partial charge is 0.416 e. The molecule has 0 saturated carbocycles. The molecule has 1 unspecified atom stereocenters. The highest BCUT2D eigenvalue weighted by atomic mass is 32.2. The molecule has 1 atom stereocenters. The molecule has 10 heteroatoms. The first-order valence-corrected chi connectivity index (χ1v) is 8.95. The van der Waals surface area contributed by atoms with E-state index in [9.17, 15) is 26.1 Å². The third kappa shape index (κ3) is 4.09. The van der Waals surface area contributed by atoms with Crippen molar-refractivity contribution in [2.75, 3.05) is 19.7 Å². The third-order valence-corrected chi connectivity index (χ3v) is 4.80. The number of aromatic nitrogens is 1. The second-order valence-corrected chi connectivity index (χ2v) is 7.12. The van der Waals surface area contributed by atoms with Gasteiger partial charge in [0.15, 0.2) is 0 Å². The Labute approximate surface area is 141 Å². The minimum Gasteiger partial charge on any atom is -0.743 e. The number of quaternary nitrogens is 1. The minimum atomic E-state index is -4.86. The number of benzene rings is 1. The number of nitrogens with zero attached hydrogens (tertiary/aromatic N) is 1. The van der Waals surface area contributed by atoms with Gasteiger partial charge in [0.05, 0.1) is 24.2 Å². The summed E-state index contributed by atoms with van der Waals surface area (Å²) in [5.41, 5.74) is -0.780. The van der Waals surface area contributed by atoms with E-state index in [4.69, 9.17) is 4.74 Å². The second-order valence-electron chi connectivity index (χ2n) is 5.82. The molecular formula is C15H15F3N2O4S. The molecule has 136 valence electrons. The molecule has 1 fully saturated rings. The van der Waals surface area contributed by atoms with Crippen molar-refractivity contribution in [3.63, 3.8) is 0 Å². The van der Waals surface area contributed by atoms with Gasteiger partial charge in [-0.1, -0.05) is 0 Å². The van der Waals surface area contributed by atoms with Gasteiger partial charge in [0.25, 0.3) is 0 Å². The van der Waals surface area contributed by atoms with Gasteiger partial charge < -0.3 is 14.6 Å². The number of morpholine rings is 1. The predicted octanol–water partition coefficient (Wildman–Crippen LogP) is 0.662. The highest BCUT2D eigenvalue weighted by Crippen LogP contribution is 2.32. The van der Waals surface area contributed by atoms with E-state index in [1.54, 1.807) is 0 Å². The van der Waals surface area contributed by atoms with Gasteiger partial charge in [0.1, 0.15) is 27.8 Å². The lowest BCUT2D eigenvalue weighted by Gasteiger charge is -2.22. The highest BCUT2D eigenvalue weighted by Gasteiger charge is 2.31. The van der Waals surface area contributed by atoms with Gasteiger partial charge in [-0.2, -0.15) is 13.2 Å². The zero-order valence-corrected chi connectivity index (χ0v) is 13.7. The van der Waals surface area contributed by atoms with E-state index in [0.717, 1.165) is 24.7 Å². The molecular weight excluding hydrogens is 361 g/mol. The maximum atomic E-state index is 12.9. The van der Waals surface area contributed by atoms with Crippen molar-refractivity contribution in [1.82, 2.24) is 4.98 Å². The van der Waals surface area contributed by atoms with E-state index >= 15 is 0 Å². The molecule has 25 heavy (non-hydrogen) atoms. The molecule has 2 N–H and O–H groups in total. The van der Waals surface area contributed by atoms with Crippen LogP contribution in [0.5, 0.6) is 0 Å². The maximum Gasteiger partial charge on any atom is 0.416 e. The molecule has 0 radical (unpaired) electrons. The highest BCUT2D eigenvalue weighted by molar-refractivity contribution is 7.85. The number of ether oxygens (including phenoxy) is 1. The largest absolute Gasteiger partial charge is 0.743 e. The summed E-state index contributed by atoms with van der Waals surface area (Å²) < 4.78 is 78.7. The summed E-state index contributed by atoms with van der Waals surface area (Å²) in [6.45, 7) is 1.82. The first-order chi connectivity index (χ1) is 11.6. The molecule has 0 aliphatic carbocycles. The van der Waals surface area contributed by atoms with Crippen LogP contribution in [0.25, 0.3) is 10.9 Å². The quantitative estimate of drug-likeness (QED) is 0.794. The maximum absolute atomic E-state index is 12.9. The summed E-state index contributed by atoms with van der Waals surface area (Å²) in [5.74, 6) is 0. The van der Waals surface area contributed by atoms with Crippen molar-refractivity contribution in [3.05, 3.63) is 35.4 Å². The predicted molar refractivity (Wildman–Crippen MR) is 79.8 cm³/mol. The zero-order valence-electron chi connectivity index (χ0n) is 12.9. The van der Waals surface area contributed by atoms with Gasteiger partial charge in [-0.25, -0.2) is 13.4 Å². The SMILES string of the molecule is O=S(=O)([O-])c1nc2ccc(C(F)(F)F)cc2cc1CC1C[NH2+]CCO1. The van der Waals surface area contributed by atoms with Crippen LogP contribution >= 0.6 is 0 Å². The lowest BCUT2D eigenvalue weighted by atomic mass is 10.0. The molecule has 0 amide bonds. The molecule has 1 saturated heterocycles. The Morgan fingerprint density at radius 2 is 2.08 bits per heavy atom. The molecule has 1 aliphatic heterocycles. The Hall–Kier alpha value is -1.75. The van der Waals surface area contributed by atoms with Crippen molar-refractivity contribution in [2.45, 2.75) is 23.7 Å². The Morgan fingerprint density at radius 3 is 2.68 bits per heavy atom. The summed E-state index contributed by atoms with van der Waals surface area (Å²) in [4.78, 5) is 3.80. The van der Waals surface area contributed by atoms with Crippen LogP contribution in [0.1, 0.15) is 11.1 Å². The van der Waals surface area contributed by atoms with Gasteiger partial charge in [-0.3, -0.25) is 0 Å². The number of halogens is 3. The first-order valence-electron chi connectivity index (χ1n) is 7.54. The zero-order chi connectivity index (χ0) is 18.2. The van der Waals surface area contributed by atoms with Crippen LogP contribution in [0.2, 0.25) is 0 Å². The molecule has 1 aromatic carbocycles. The Morgan fingerprint density at radius 1 is 1.32 bits per heavy atom. The summed E-state index contributed by atoms with van der Waals surface area (Å²) in [6.07, 6.45) is -4.77. The number of pyridine rings is 1. The monoisotopic (exact) mass is 376 g/mol. The van der Waals surface area contributed by atoms with Crippen LogP contribution in [-0.2, 0) is 27.5 Å². The Balaban J connectivity index is 2.10. The molecule has 2 heterocycles. The molecule has 0 spiro atoms. The van der Waals surface area contributed by atoms with E-state index in [0.29, 0.717) is 13.2 Å². The van der Waals surface area contributed by atoms with E-state index in [2.05, 4.69) is 4.98 Å². The standard InChI is InChI=1S/C15H15F3N2O4S/c16-15(17,18)11-1-2-13-9(6-11)5-10(14(20-13)25(21,22)23)7-12-8-19-3-4-24-12/h1-2,5-6,12,19H,3-4,7-8H2,(H,21,22,23). The van der Waals surface area contributed by atoms with Crippen molar-refractivity contribution >= 4 is 21.0 Å². The molecule has 2 aromatic rings. The van der Waals surface area contributed by atoms with Crippen molar-refractivity contribution in [2.24, 2.45) is 0 Å². The van der Waals surface area contributed by atoms with Crippen LogP contribution in [0, 0.1) is 0 Å². The number of hydrogen-bond acceptors (Lipinski definition) is 5. The van der Waals surface area contributed by atoms with Crippen molar-refractivity contribution in [3.8, 4) is 0 Å². The molecule has 0 bridgehead atoms. The van der Waals surface area contributed by atoms with Gasteiger partial charge in [0.2, 0.25) is 0 Å². The average molecular weight is 376 g/mol. The molecule has 3 rings (SSSR count). The van der Waals surface area contributed by atoms with Gasteiger partial charge in [-0.05, 0) is 29.8 Å². The van der Waals surface area contributed by atoms with Gasteiger partial charge >= 0.3 is 6.18 Å². The van der Waals surface area contributed by atoms with Crippen LogP contribution in [-0.4, -0.2) is 43.8 Å². The first kappa shape index (κ1) is 18.1. The van der Waals surface area contributed by atoms with E-state index in [1.807, 2.05) is 5.32 Å². The second kappa shape index (κ2) is 6.52. The number of nitrogens with two attached hydrogens (primary N) is 1. The summed E-state index contributed by atoms with van der Waals surface area (Å²) >= 11 is 0. The normalized spacial score (nSPS) is 19.3. The summed E-state index contributed by atoms with van der Waals surface area (Å²) in [5, 5.41) is 1.45. The van der Waals surface area contributed by atoms with E-state index < -0.39 is 26.9 Å². The van der Waals surface area contributed by atoms with Gasteiger partial charge in [-0.15, -0.1) is 0 Å². The van der Waals surface area contributed by atoms with E-state index in [-0.39, 0.29) is 29.0 Å². The number of alkyl halides is 3. The summed E-state index contributed by atoms with van der Waals surface area (Å²) in [7, 11) is -4.86. The number of fused-ring (bicyclic) bond motifs is 1. The van der Waals surface area contributed by atoms with E-state index in [1.165, 1.54) is 6.07 Å². The fraction of sp³-hybridized carbons (Fsp3) is 0.400. The number of hydrogen-bond donors (Lipinski definition) is 1. The van der Waals surface area contributed by atoms with Crippen molar-refractivity contribution in [1.29, 1.82) is 0 Å². The van der Waals surface area contributed by atoms with Crippen LogP contribution in [0.15, 0.2) is 29.3 Å². The number of rotatable bonds is 3. The van der Waals surface area contributed by atoms with Crippen molar-refractivity contribution < 1.29 is 36.2 Å². The van der Waals surface area contributed by atoms with Crippen LogP contribution in [0.4, 0.5) is 13.2 Å². The van der Waals surface area contributed by atoms with Crippen LogP contribution in [0.3, 0.4) is 0 Å². The minimum absolute atomic E-state index is 0.0160. The molecule has 1 aromatic heterocycles. The Kier molecular flexibility index (Phi) is 4.71.